The van der Waals surface area contributed by atoms with Crippen molar-refractivity contribution in [1.82, 2.24) is 4.72 Å². The molecule has 0 saturated carbocycles. The number of thiophene rings is 1. The second-order valence-corrected chi connectivity index (χ2v) is 6.67. The quantitative estimate of drug-likeness (QED) is 0.728. The van der Waals surface area contributed by atoms with Gasteiger partial charge >= 0.3 is 0 Å². The van der Waals surface area contributed by atoms with E-state index in [1.165, 1.54) is 11.3 Å². The molecule has 0 aliphatic heterocycles. The van der Waals surface area contributed by atoms with E-state index in [9.17, 15) is 8.42 Å². The van der Waals surface area contributed by atoms with Gasteiger partial charge in [-0.3, -0.25) is 0 Å². The first-order chi connectivity index (χ1) is 7.60. The Labute approximate surface area is 101 Å². The van der Waals surface area contributed by atoms with Gasteiger partial charge in [-0.25, -0.2) is 13.1 Å². The van der Waals surface area contributed by atoms with Gasteiger partial charge < -0.3 is 5.73 Å². The largest absolute Gasteiger partial charge is 0.330 e. The van der Waals surface area contributed by atoms with E-state index in [2.05, 4.69) is 4.72 Å². The zero-order chi connectivity index (χ0) is 12.0. The van der Waals surface area contributed by atoms with Crippen molar-refractivity contribution in [3.05, 3.63) is 17.0 Å². The summed E-state index contributed by atoms with van der Waals surface area (Å²) in [6.07, 6.45) is 2.57. The van der Waals surface area contributed by atoms with Crippen LogP contribution in [-0.4, -0.2) is 21.5 Å². The SMILES string of the molecule is CCCCNS(=O)(=O)c1ccc(CCN)s1. The van der Waals surface area contributed by atoms with E-state index >= 15 is 0 Å². The fraction of sp³-hybridized carbons (Fsp3) is 0.600. The fourth-order valence-electron chi connectivity index (χ4n) is 1.23. The highest BCUT2D eigenvalue weighted by molar-refractivity contribution is 7.91. The molecule has 92 valence electrons. The second-order valence-electron chi connectivity index (χ2n) is 3.51. The Hall–Kier alpha value is -0.430. The molecule has 3 N–H and O–H groups in total. The van der Waals surface area contributed by atoms with Crippen LogP contribution in [0.15, 0.2) is 16.3 Å². The molecule has 0 aliphatic carbocycles. The van der Waals surface area contributed by atoms with Crippen LogP contribution in [-0.2, 0) is 16.4 Å². The summed E-state index contributed by atoms with van der Waals surface area (Å²) >= 11 is 1.29. The van der Waals surface area contributed by atoms with Crippen LogP contribution in [0.25, 0.3) is 0 Å². The Morgan fingerprint density at radius 3 is 2.81 bits per heavy atom. The molecule has 0 radical (unpaired) electrons. The summed E-state index contributed by atoms with van der Waals surface area (Å²) in [6, 6.07) is 3.47. The number of sulfonamides is 1. The Morgan fingerprint density at radius 2 is 2.19 bits per heavy atom. The van der Waals surface area contributed by atoms with Gasteiger partial charge in [0.05, 0.1) is 0 Å². The summed E-state index contributed by atoms with van der Waals surface area (Å²) in [5, 5.41) is 0. The minimum atomic E-state index is -3.30. The van der Waals surface area contributed by atoms with Crippen LogP contribution in [0.1, 0.15) is 24.6 Å². The van der Waals surface area contributed by atoms with Crippen molar-refractivity contribution >= 4 is 21.4 Å². The molecule has 0 fully saturated rings. The van der Waals surface area contributed by atoms with Crippen LogP contribution in [0.2, 0.25) is 0 Å². The lowest BCUT2D eigenvalue weighted by Crippen LogP contribution is -2.23. The van der Waals surface area contributed by atoms with E-state index in [0.717, 1.165) is 24.1 Å². The van der Waals surface area contributed by atoms with Gasteiger partial charge in [0.25, 0.3) is 0 Å². The zero-order valence-electron chi connectivity index (χ0n) is 9.40. The maximum absolute atomic E-state index is 11.8. The van der Waals surface area contributed by atoms with Crippen molar-refractivity contribution < 1.29 is 8.42 Å². The van der Waals surface area contributed by atoms with Crippen molar-refractivity contribution in [2.24, 2.45) is 5.73 Å². The first-order valence-corrected chi connectivity index (χ1v) is 7.68. The molecule has 0 bridgehead atoms. The lowest BCUT2D eigenvalue weighted by molar-refractivity contribution is 0.580. The molecule has 6 heteroatoms. The summed E-state index contributed by atoms with van der Waals surface area (Å²) in [7, 11) is -3.30. The van der Waals surface area contributed by atoms with E-state index < -0.39 is 10.0 Å². The van der Waals surface area contributed by atoms with E-state index in [1.54, 1.807) is 6.07 Å². The Morgan fingerprint density at radius 1 is 1.44 bits per heavy atom. The molecule has 0 spiro atoms. The van der Waals surface area contributed by atoms with Crippen LogP contribution in [0, 0.1) is 0 Å². The molecule has 1 heterocycles. The molecular formula is C10H18N2O2S2. The molecule has 0 aromatic carbocycles. The number of hydrogen-bond donors (Lipinski definition) is 2. The van der Waals surface area contributed by atoms with Crippen molar-refractivity contribution in [2.75, 3.05) is 13.1 Å². The molecule has 0 saturated heterocycles. The third-order valence-electron chi connectivity index (χ3n) is 2.12. The van der Waals surface area contributed by atoms with Gasteiger partial charge in [0.2, 0.25) is 10.0 Å². The average molecular weight is 262 g/mol. The van der Waals surface area contributed by atoms with Gasteiger partial charge in [0.15, 0.2) is 0 Å². The van der Waals surface area contributed by atoms with Crippen LogP contribution in [0.3, 0.4) is 0 Å². The number of rotatable bonds is 7. The third-order valence-corrected chi connectivity index (χ3v) is 5.21. The van der Waals surface area contributed by atoms with Gasteiger partial charge in [0, 0.05) is 11.4 Å². The Bertz CT molecular complexity index is 412. The number of nitrogens with two attached hydrogens (primary N) is 1. The molecule has 0 aliphatic rings. The summed E-state index contributed by atoms with van der Waals surface area (Å²) in [6.45, 7) is 3.07. The molecule has 0 atom stereocenters. The van der Waals surface area contributed by atoms with Crippen molar-refractivity contribution in [2.45, 2.75) is 30.4 Å². The Kier molecular flexibility index (Phi) is 5.40. The monoisotopic (exact) mass is 262 g/mol. The molecule has 1 rings (SSSR count). The third kappa shape index (κ3) is 3.86. The summed E-state index contributed by atoms with van der Waals surface area (Å²) < 4.78 is 26.5. The van der Waals surface area contributed by atoms with Gasteiger partial charge in [0.1, 0.15) is 4.21 Å². The first kappa shape index (κ1) is 13.6. The summed E-state index contributed by atoms with van der Waals surface area (Å²) in [5.74, 6) is 0. The smallest absolute Gasteiger partial charge is 0.250 e. The van der Waals surface area contributed by atoms with Crippen molar-refractivity contribution in [1.29, 1.82) is 0 Å². The predicted molar refractivity (Wildman–Crippen MR) is 67.2 cm³/mol. The second kappa shape index (κ2) is 6.34. The zero-order valence-corrected chi connectivity index (χ0v) is 11.0. The maximum Gasteiger partial charge on any atom is 0.250 e. The van der Waals surface area contributed by atoms with Crippen molar-refractivity contribution in [3.8, 4) is 0 Å². The highest BCUT2D eigenvalue weighted by Crippen LogP contribution is 2.21. The van der Waals surface area contributed by atoms with Crippen molar-refractivity contribution in [3.63, 3.8) is 0 Å². The molecular weight excluding hydrogens is 244 g/mol. The number of unbranched alkanes of at least 4 members (excludes halogenated alkanes) is 1. The lowest BCUT2D eigenvalue weighted by atomic mass is 10.3. The number of nitrogens with one attached hydrogen (secondary N) is 1. The average Bonchev–Trinajstić information content (AvgIpc) is 2.68. The van der Waals surface area contributed by atoms with E-state index in [1.807, 2.05) is 13.0 Å². The van der Waals surface area contributed by atoms with Crippen LogP contribution in [0.4, 0.5) is 0 Å². The first-order valence-electron chi connectivity index (χ1n) is 5.38. The maximum atomic E-state index is 11.8. The minimum Gasteiger partial charge on any atom is -0.330 e. The summed E-state index contributed by atoms with van der Waals surface area (Å²) in [5.41, 5.74) is 5.42. The normalized spacial score (nSPS) is 11.9. The van der Waals surface area contributed by atoms with E-state index in [-0.39, 0.29) is 0 Å². The number of hydrogen-bond acceptors (Lipinski definition) is 4. The molecule has 1 aromatic rings. The summed E-state index contributed by atoms with van der Waals surface area (Å²) in [4.78, 5) is 1.01. The molecule has 16 heavy (non-hydrogen) atoms. The molecule has 4 nitrogen and oxygen atoms in total. The predicted octanol–water partition coefficient (Wildman–Crippen LogP) is 1.33. The standard InChI is InChI=1S/C10H18N2O2S2/c1-2-3-8-12-16(13,14)10-5-4-9(15-10)6-7-11/h4-5,12H,2-3,6-8,11H2,1H3. The molecule has 0 unspecified atom stereocenters. The van der Waals surface area contributed by atoms with E-state index in [0.29, 0.717) is 17.3 Å². The lowest BCUT2D eigenvalue weighted by Gasteiger charge is -2.02. The molecule has 0 amide bonds. The topological polar surface area (TPSA) is 72.2 Å². The van der Waals surface area contributed by atoms with Gasteiger partial charge in [-0.15, -0.1) is 11.3 Å². The molecule has 1 aromatic heterocycles. The minimum absolute atomic E-state index is 0.382. The van der Waals surface area contributed by atoms with Gasteiger partial charge in [-0.2, -0.15) is 0 Å². The van der Waals surface area contributed by atoms with E-state index in [4.69, 9.17) is 5.73 Å². The Balaban J connectivity index is 2.66. The fourth-order valence-corrected chi connectivity index (χ4v) is 3.72. The van der Waals surface area contributed by atoms with Crippen LogP contribution in [0.5, 0.6) is 0 Å². The van der Waals surface area contributed by atoms with Crippen LogP contribution >= 0.6 is 11.3 Å². The van der Waals surface area contributed by atoms with Gasteiger partial charge in [-0.05, 0) is 31.5 Å². The highest BCUT2D eigenvalue weighted by Gasteiger charge is 2.15. The van der Waals surface area contributed by atoms with Gasteiger partial charge in [-0.1, -0.05) is 13.3 Å². The van der Waals surface area contributed by atoms with Crippen LogP contribution < -0.4 is 10.5 Å². The highest BCUT2D eigenvalue weighted by atomic mass is 32.2.